The smallest absolute Gasteiger partial charge is 0.331 e. The van der Waals surface area contributed by atoms with Crippen molar-refractivity contribution in [3.05, 3.63) is 11.6 Å². The van der Waals surface area contributed by atoms with E-state index in [2.05, 4.69) is 6.92 Å². The molecule has 0 saturated heterocycles. The van der Waals surface area contributed by atoms with Crippen molar-refractivity contribution in [1.82, 2.24) is 0 Å². The van der Waals surface area contributed by atoms with Crippen molar-refractivity contribution in [1.29, 1.82) is 0 Å². The maximum absolute atomic E-state index is 12.7. The number of rotatable bonds is 2. The molecule has 166 valence electrons. The second-order valence-corrected chi connectivity index (χ2v) is 10.8. The van der Waals surface area contributed by atoms with Crippen LogP contribution in [0.25, 0.3) is 0 Å². The third kappa shape index (κ3) is 2.32. The summed E-state index contributed by atoms with van der Waals surface area (Å²) in [4.78, 5) is 24.3. The van der Waals surface area contributed by atoms with E-state index in [1.165, 1.54) is 0 Å². The molecule has 8 atom stereocenters. The lowest BCUT2D eigenvalue weighted by Gasteiger charge is -2.65. The van der Waals surface area contributed by atoms with E-state index in [9.17, 15) is 30.0 Å². The molecule has 0 aromatic heterocycles. The molecular formula is C23H32O7. The number of esters is 1. The van der Waals surface area contributed by atoms with Crippen LogP contribution in [0.15, 0.2) is 11.6 Å². The molecule has 5 aliphatic rings. The number of aliphatic carboxylic acids is 1. The van der Waals surface area contributed by atoms with Crippen LogP contribution in [0.2, 0.25) is 0 Å². The van der Waals surface area contributed by atoms with Gasteiger partial charge in [-0.1, -0.05) is 6.92 Å². The third-order valence-electron chi connectivity index (χ3n) is 9.94. The molecule has 4 fully saturated rings. The molecule has 7 nitrogen and oxygen atoms in total. The number of hydrogen-bond acceptors (Lipinski definition) is 6. The van der Waals surface area contributed by atoms with Crippen LogP contribution in [0.5, 0.6) is 0 Å². The Kier molecular flexibility index (Phi) is 4.30. The fourth-order valence-electron chi connectivity index (χ4n) is 8.49. The van der Waals surface area contributed by atoms with E-state index in [1.807, 2.05) is 0 Å². The first-order valence-corrected chi connectivity index (χ1v) is 11.3. The molecule has 1 aliphatic heterocycles. The van der Waals surface area contributed by atoms with Crippen LogP contribution in [0.1, 0.15) is 64.7 Å². The lowest BCUT2D eigenvalue weighted by atomic mass is 9.41. The fourth-order valence-corrected chi connectivity index (χ4v) is 8.49. The summed E-state index contributed by atoms with van der Waals surface area (Å²) < 4.78 is 5.14. The van der Waals surface area contributed by atoms with Crippen molar-refractivity contribution in [2.75, 3.05) is 6.61 Å². The van der Waals surface area contributed by atoms with Crippen LogP contribution in [-0.2, 0) is 14.3 Å². The minimum Gasteiger partial charge on any atom is -0.481 e. The molecular weight excluding hydrogens is 388 g/mol. The monoisotopic (exact) mass is 420 g/mol. The zero-order valence-corrected chi connectivity index (χ0v) is 17.5. The summed E-state index contributed by atoms with van der Waals surface area (Å²) in [5, 5.41) is 44.1. The molecule has 0 amide bonds. The molecule has 4 saturated carbocycles. The Morgan fingerprint density at radius 3 is 2.47 bits per heavy atom. The Bertz CT molecular complexity index is 822. The highest BCUT2D eigenvalue weighted by molar-refractivity contribution is 5.85. The highest BCUT2D eigenvalue weighted by Crippen LogP contribution is 2.70. The summed E-state index contributed by atoms with van der Waals surface area (Å²) in [6, 6.07) is 0. The average Bonchev–Trinajstić information content (AvgIpc) is 3.21. The zero-order valence-electron chi connectivity index (χ0n) is 17.5. The molecule has 5 rings (SSSR count). The van der Waals surface area contributed by atoms with Crippen molar-refractivity contribution in [3.8, 4) is 0 Å². The number of aliphatic hydroxyl groups is 3. The standard InChI is InChI=1S/C23H32O7/c1-20-6-3-16-17(23(20,29)9-5-15(20)13-10-18(25)30-12-13)4-7-21(28)11-14(24)2-8-22(16,21)19(26)27/h10,14-17,24,28-29H,2-9,11-12H2,1H3,(H,26,27)/t14-,15-,16+,17-,20-,21+,22+,23-/m0/s1. The number of aliphatic hydroxyl groups excluding tert-OH is 1. The summed E-state index contributed by atoms with van der Waals surface area (Å²) in [6.45, 7) is 2.36. The second kappa shape index (κ2) is 6.30. The number of cyclic esters (lactones) is 1. The van der Waals surface area contributed by atoms with E-state index < -0.39 is 34.1 Å². The van der Waals surface area contributed by atoms with Gasteiger partial charge in [-0.25, -0.2) is 4.79 Å². The van der Waals surface area contributed by atoms with Crippen LogP contribution < -0.4 is 0 Å². The quantitative estimate of drug-likeness (QED) is 0.502. The van der Waals surface area contributed by atoms with Crippen molar-refractivity contribution >= 4 is 11.9 Å². The summed E-state index contributed by atoms with van der Waals surface area (Å²) in [6.07, 6.45) is 5.00. The van der Waals surface area contributed by atoms with Gasteiger partial charge in [0.25, 0.3) is 0 Å². The largest absolute Gasteiger partial charge is 0.481 e. The van der Waals surface area contributed by atoms with Gasteiger partial charge in [0.15, 0.2) is 0 Å². The van der Waals surface area contributed by atoms with E-state index in [1.54, 1.807) is 6.08 Å². The van der Waals surface area contributed by atoms with Gasteiger partial charge < -0.3 is 25.2 Å². The molecule has 7 heteroatoms. The number of carbonyl (C=O) groups is 2. The molecule has 1 heterocycles. The highest BCUT2D eigenvalue weighted by Gasteiger charge is 2.73. The van der Waals surface area contributed by atoms with Crippen LogP contribution in [-0.4, -0.2) is 56.3 Å². The number of carboxylic acid groups (broad SMARTS) is 1. The lowest BCUT2D eigenvalue weighted by molar-refractivity contribution is -0.260. The van der Waals surface area contributed by atoms with Crippen LogP contribution in [0.3, 0.4) is 0 Å². The fraction of sp³-hybridized carbons (Fsp3) is 0.826. The van der Waals surface area contributed by atoms with Gasteiger partial charge in [-0.2, -0.15) is 0 Å². The van der Waals surface area contributed by atoms with Crippen molar-refractivity contribution in [2.24, 2.45) is 28.6 Å². The number of carboxylic acids is 1. The first kappa shape index (κ1) is 20.5. The highest BCUT2D eigenvalue weighted by atomic mass is 16.5. The molecule has 0 aromatic carbocycles. The number of fused-ring (bicyclic) bond motifs is 5. The van der Waals surface area contributed by atoms with Gasteiger partial charge in [-0.15, -0.1) is 0 Å². The number of ether oxygens (including phenoxy) is 1. The van der Waals surface area contributed by atoms with Gasteiger partial charge in [0.05, 0.1) is 22.7 Å². The van der Waals surface area contributed by atoms with E-state index in [-0.39, 0.29) is 49.6 Å². The molecule has 0 unspecified atom stereocenters. The van der Waals surface area contributed by atoms with Gasteiger partial charge in [0.2, 0.25) is 0 Å². The SMILES string of the molecule is C[C@@]12CC[C@@H]3[C@H](CC[C@@]4(O)C[C@@H](O)CC[C@]34C(=O)O)[C@@]1(O)CC[C@H]2C1=CC(=O)OC1. The number of carbonyl (C=O) groups excluding carboxylic acids is 1. The Hall–Kier alpha value is -1.44. The predicted octanol–water partition coefficient (Wildman–Crippen LogP) is 1.78. The number of hydrogen-bond donors (Lipinski definition) is 4. The first-order valence-electron chi connectivity index (χ1n) is 11.3. The second-order valence-electron chi connectivity index (χ2n) is 10.8. The summed E-state index contributed by atoms with van der Waals surface area (Å²) >= 11 is 0. The topological polar surface area (TPSA) is 124 Å². The molecule has 4 N–H and O–H groups in total. The summed E-state index contributed by atoms with van der Waals surface area (Å²) in [7, 11) is 0. The van der Waals surface area contributed by atoms with E-state index >= 15 is 0 Å². The normalized spacial score (nSPS) is 52.7. The molecule has 0 radical (unpaired) electrons. The van der Waals surface area contributed by atoms with Crippen LogP contribution in [0.4, 0.5) is 0 Å². The molecule has 0 aromatic rings. The van der Waals surface area contributed by atoms with E-state index in [0.717, 1.165) is 12.0 Å². The minimum absolute atomic E-state index is 0.0460. The van der Waals surface area contributed by atoms with Gasteiger partial charge in [0.1, 0.15) is 6.61 Å². The molecule has 0 spiro atoms. The maximum Gasteiger partial charge on any atom is 0.331 e. The van der Waals surface area contributed by atoms with E-state index in [4.69, 9.17) is 4.74 Å². The molecule has 30 heavy (non-hydrogen) atoms. The Balaban J connectivity index is 1.54. The van der Waals surface area contributed by atoms with Crippen LogP contribution >= 0.6 is 0 Å². The first-order chi connectivity index (χ1) is 14.1. The molecule has 4 aliphatic carbocycles. The summed E-state index contributed by atoms with van der Waals surface area (Å²) in [5.74, 6) is -1.82. The van der Waals surface area contributed by atoms with Crippen molar-refractivity contribution in [2.45, 2.75) is 82.0 Å². The Morgan fingerprint density at radius 2 is 1.80 bits per heavy atom. The van der Waals surface area contributed by atoms with Gasteiger partial charge in [-0.3, -0.25) is 4.79 Å². The van der Waals surface area contributed by atoms with Crippen molar-refractivity contribution in [3.63, 3.8) is 0 Å². The summed E-state index contributed by atoms with van der Waals surface area (Å²) in [5.41, 5.74) is -3.30. The zero-order chi connectivity index (χ0) is 21.5. The van der Waals surface area contributed by atoms with Crippen molar-refractivity contribution < 1.29 is 34.8 Å². The Labute approximate surface area is 176 Å². The van der Waals surface area contributed by atoms with Gasteiger partial charge in [-0.05, 0) is 74.7 Å². The third-order valence-corrected chi connectivity index (χ3v) is 9.94. The van der Waals surface area contributed by atoms with Gasteiger partial charge in [0, 0.05) is 17.9 Å². The van der Waals surface area contributed by atoms with Gasteiger partial charge >= 0.3 is 11.9 Å². The van der Waals surface area contributed by atoms with E-state index in [0.29, 0.717) is 32.1 Å². The minimum atomic E-state index is -1.44. The lowest BCUT2D eigenvalue weighted by Crippen LogP contribution is -2.70. The molecule has 0 bridgehead atoms. The van der Waals surface area contributed by atoms with Crippen LogP contribution in [0, 0.1) is 28.6 Å². The maximum atomic E-state index is 12.7. The predicted molar refractivity (Wildman–Crippen MR) is 105 cm³/mol. The average molecular weight is 421 g/mol. The Morgan fingerprint density at radius 1 is 1.07 bits per heavy atom.